The lowest BCUT2D eigenvalue weighted by atomic mass is 10.1. The van der Waals surface area contributed by atoms with Crippen molar-refractivity contribution >= 4 is 34.2 Å². The molecule has 0 bridgehead atoms. The molecule has 0 radical (unpaired) electrons. The molecule has 1 heterocycles. The number of benzene rings is 2. The molecule has 6 nitrogen and oxygen atoms in total. The standard InChI is InChI=1S/C18H17ClF3N5O/c1-8(2)23-7-14-25-16-10(6-13(21)15(22)17(16)26-14)18(27-28)24-9-3-4-12(20)11(19)5-9/h3-6,8,23,28H,7H2,1-2H3,(H,24,27)(H,25,26). The van der Waals surface area contributed by atoms with Gasteiger partial charge in [0.15, 0.2) is 17.5 Å². The van der Waals surface area contributed by atoms with Gasteiger partial charge in [-0.25, -0.2) is 23.1 Å². The molecule has 0 aliphatic heterocycles. The van der Waals surface area contributed by atoms with Gasteiger partial charge in [-0.15, -0.1) is 0 Å². The summed E-state index contributed by atoms with van der Waals surface area (Å²) >= 11 is 5.73. The van der Waals surface area contributed by atoms with Crippen LogP contribution in [0.15, 0.2) is 29.3 Å². The minimum absolute atomic E-state index is 0.0175. The summed E-state index contributed by atoms with van der Waals surface area (Å²) in [5, 5.41) is 12.5. The van der Waals surface area contributed by atoms with Gasteiger partial charge in [0.05, 0.1) is 22.8 Å². The molecule has 2 aromatic carbocycles. The molecule has 3 aromatic rings. The van der Waals surface area contributed by atoms with E-state index in [4.69, 9.17) is 11.6 Å². The van der Waals surface area contributed by atoms with Crippen molar-refractivity contribution in [2.24, 2.45) is 4.99 Å². The second-order valence-electron chi connectivity index (χ2n) is 6.33. The van der Waals surface area contributed by atoms with E-state index in [1.54, 1.807) is 0 Å². The van der Waals surface area contributed by atoms with Gasteiger partial charge >= 0.3 is 0 Å². The van der Waals surface area contributed by atoms with E-state index in [-0.39, 0.29) is 39.2 Å². The average Bonchev–Trinajstić information content (AvgIpc) is 3.08. The first kappa shape index (κ1) is 20.1. The molecule has 10 heteroatoms. The number of aromatic nitrogens is 2. The van der Waals surface area contributed by atoms with Gasteiger partial charge < -0.3 is 10.3 Å². The largest absolute Gasteiger partial charge is 0.338 e. The molecule has 148 valence electrons. The Labute approximate surface area is 163 Å². The molecule has 0 saturated carbocycles. The summed E-state index contributed by atoms with van der Waals surface area (Å²) < 4.78 is 41.7. The van der Waals surface area contributed by atoms with Crippen molar-refractivity contribution < 1.29 is 18.4 Å². The van der Waals surface area contributed by atoms with E-state index in [2.05, 4.69) is 20.3 Å². The maximum absolute atomic E-state index is 14.2. The second-order valence-corrected chi connectivity index (χ2v) is 6.74. The Morgan fingerprint density at radius 3 is 2.64 bits per heavy atom. The van der Waals surface area contributed by atoms with E-state index in [0.29, 0.717) is 12.4 Å². The predicted molar refractivity (Wildman–Crippen MR) is 101 cm³/mol. The van der Waals surface area contributed by atoms with Gasteiger partial charge in [-0.05, 0) is 24.3 Å². The average molecular weight is 412 g/mol. The van der Waals surface area contributed by atoms with E-state index >= 15 is 0 Å². The molecule has 3 rings (SSSR count). The second kappa shape index (κ2) is 8.17. The number of amidine groups is 1. The van der Waals surface area contributed by atoms with Crippen LogP contribution in [0.3, 0.4) is 0 Å². The monoisotopic (exact) mass is 411 g/mol. The summed E-state index contributed by atoms with van der Waals surface area (Å²) in [4.78, 5) is 11.1. The Morgan fingerprint density at radius 2 is 2.00 bits per heavy atom. The van der Waals surface area contributed by atoms with Crippen LogP contribution in [-0.4, -0.2) is 27.1 Å². The number of hydroxylamine groups is 1. The molecule has 0 atom stereocenters. The van der Waals surface area contributed by atoms with Gasteiger partial charge in [0.25, 0.3) is 0 Å². The molecule has 0 fully saturated rings. The predicted octanol–water partition coefficient (Wildman–Crippen LogP) is 4.19. The van der Waals surface area contributed by atoms with Gasteiger partial charge in [0.2, 0.25) is 0 Å². The number of aromatic amines is 1. The fraction of sp³-hybridized carbons (Fsp3) is 0.222. The van der Waals surface area contributed by atoms with Gasteiger partial charge in [-0.2, -0.15) is 0 Å². The number of nitrogens with zero attached hydrogens (tertiary/aromatic N) is 2. The van der Waals surface area contributed by atoms with Crippen LogP contribution < -0.4 is 10.8 Å². The van der Waals surface area contributed by atoms with Gasteiger partial charge in [0.1, 0.15) is 22.7 Å². The summed E-state index contributed by atoms with van der Waals surface area (Å²) in [7, 11) is 0. The first-order chi connectivity index (χ1) is 13.3. The van der Waals surface area contributed by atoms with Crippen LogP contribution in [0.4, 0.5) is 18.9 Å². The van der Waals surface area contributed by atoms with E-state index in [9.17, 15) is 18.4 Å². The summed E-state index contributed by atoms with van der Waals surface area (Å²) in [6.45, 7) is 4.17. The van der Waals surface area contributed by atoms with Crippen molar-refractivity contribution in [1.29, 1.82) is 0 Å². The minimum Gasteiger partial charge on any atom is -0.338 e. The van der Waals surface area contributed by atoms with Crippen molar-refractivity contribution in [1.82, 2.24) is 20.8 Å². The highest BCUT2D eigenvalue weighted by molar-refractivity contribution is 6.31. The van der Waals surface area contributed by atoms with E-state index in [0.717, 1.165) is 12.1 Å². The number of imidazole rings is 1. The smallest absolute Gasteiger partial charge is 0.184 e. The first-order valence-electron chi connectivity index (χ1n) is 8.34. The van der Waals surface area contributed by atoms with Crippen LogP contribution >= 0.6 is 11.6 Å². The van der Waals surface area contributed by atoms with E-state index in [1.807, 2.05) is 19.3 Å². The minimum atomic E-state index is -1.14. The quantitative estimate of drug-likeness (QED) is 0.288. The Kier molecular flexibility index (Phi) is 5.87. The number of H-pyrrole nitrogens is 1. The summed E-state index contributed by atoms with van der Waals surface area (Å²) in [6, 6.07) is 4.67. The van der Waals surface area contributed by atoms with E-state index in [1.165, 1.54) is 12.1 Å². The van der Waals surface area contributed by atoms with Gasteiger partial charge in [-0.1, -0.05) is 25.4 Å². The maximum atomic E-state index is 14.2. The molecular weight excluding hydrogens is 395 g/mol. The Hall–Kier alpha value is -2.62. The third-order valence-corrected chi connectivity index (χ3v) is 4.18. The highest BCUT2D eigenvalue weighted by Crippen LogP contribution is 2.26. The van der Waals surface area contributed by atoms with Crippen LogP contribution in [0, 0.1) is 17.5 Å². The zero-order valence-electron chi connectivity index (χ0n) is 14.9. The first-order valence-corrected chi connectivity index (χ1v) is 8.72. The van der Waals surface area contributed by atoms with Crippen LogP contribution in [0.2, 0.25) is 5.02 Å². The van der Waals surface area contributed by atoms with Crippen molar-refractivity contribution in [3.63, 3.8) is 0 Å². The zero-order valence-corrected chi connectivity index (χ0v) is 15.7. The number of fused-ring (bicyclic) bond motifs is 1. The van der Waals surface area contributed by atoms with Crippen LogP contribution in [-0.2, 0) is 6.54 Å². The molecule has 0 amide bonds. The molecule has 0 spiro atoms. The molecule has 28 heavy (non-hydrogen) atoms. The van der Waals surface area contributed by atoms with Crippen molar-refractivity contribution in [3.8, 4) is 0 Å². The molecular formula is C18H17ClF3N5O. The summed E-state index contributed by atoms with van der Waals surface area (Å²) in [5.74, 6) is -2.69. The van der Waals surface area contributed by atoms with Crippen LogP contribution in [0.5, 0.6) is 0 Å². The normalized spacial score (nSPS) is 12.2. The highest BCUT2D eigenvalue weighted by Gasteiger charge is 2.20. The molecule has 0 saturated heterocycles. The SMILES string of the molecule is CC(C)NCc1nc2c(C(=Nc3ccc(F)c(Cl)c3)NO)cc(F)c(F)c2[nH]1. The number of nitrogens with one attached hydrogen (secondary N) is 3. The number of hydrogen-bond acceptors (Lipinski definition) is 4. The molecule has 0 aliphatic rings. The third-order valence-electron chi connectivity index (χ3n) is 3.89. The third kappa shape index (κ3) is 4.11. The molecule has 1 aromatic heterocycles. The van der Waals surface area contributed by atoms with Gasteiger partial charge in [0, 0.05) is 6.04 Å². The number of aliphatic imine (C=N–C) groups is 1. The lowest BCUT2D eigenvalue weighted by molar-refractivity contribution is 0.235. The van der Waals surface area contributed by atoms with Gasteiger partial charge in [-0.3, -0.25) is 10.7 Å². The lowest BCUT2D eigenvalue weighted by Gasteiger charge is -2.07. The van der Waals surface area contributed by atoms with Crippen molar-refractivity contribution in [2.45, 2.75) is 26.4 Å². The highest BCUT2D eigenvalue weighted by atomic mass is 35.5. The summed E-state index contributed by atoms with van der Waals surface area (Å²) in [6.07, 6.45) is 0. The Bertz CT molecular complexity index is 1050. The molecule has 0 unspecified atom stereocenters. The van der Waals surface area contributed by atoms with Crippen LogP contribution in [0.25, 0.3) is 11.0 Å². The number of halogens is 4. The van der Waals surface area contributed by atoms with Crippen molar-refractivity contribution in [3.05, 3.63) is 58.1 Å². The Morgan fingerprint density at radius 1 is 1.25 bits per heavy atom. The fourth-order valence-electron chi connectivity index (χ4n) is 2.55. The lowest BCUT2D eigenvalue weighted by Crippen LogP contribution is -2.22. The topological polar surface area (TPSA) is 85.3 Å². The Balaban J connectivity index is 2.12. The summed E-state index contributed by atoms with van der Waals surface area (Å²) in [5.41, 5.74) is 1.98. The molecule has 0 aliphatic carbocycles. The number of rotatable bonds is 5. The maximum Gasteiger partial charge on any atom is 0.184 e. The fourth-order valence-corrected chi connectivity index (χ4v) is 2.72. The van der Waals surface area contributed by atoms with E-state index < -0.39 is 17.5 Å². The molecule has 4 N–H and O–H groups in total. The number of hydrogen-bond donors (Lipinski definition) is 4. The van der Waals surface area contributed by atoms with Crippen LogP contribution in [0.1, 0.15) is 25.2 Å². The zero-order chi connectivity index (χ0) is 20.4. The van der Waals surface area contributed by atoms with Crippen molar-refractivity contribution in [2.75, 3.05) is 0 Å².